The van der Waals surface area contributed by atoms with Crippen LogP contribution >= 0.6 is 0 Å². The van der Waals surface area contributed by atoms with Gasteiger partial charge < -0.3 is 5.32 Å². The molecule has 0 radical (unpaired) electrons. The average Bonchev–Trinajstić information content (AvgIpc) is 3.03. The minimum absolute atomic E-state index is 0.0936. The molecule has 1 fully saturated rings. The molecule has 3 heteroatoms. The Morgan fingerprint density at radius 1 is 1.29 bits per heavy atom. The summed E-state index contributed by atoms with van der Waals surface area (Å²) in [5.41, 5.74) is 2.79. The van der Waals surface area contributed by atoms with Gasteiger partial charge in [0.05, 0.1) is 6.04 Å². The molecule has 21 heavy (non-hydrogen) atoms. The molecule has 1 saturated heterocycles. The van der Waals surface area contributed by atoms with Gasteiger partial charge in [-0.3, -0.25) is 9.69 Å². The van der Waals surface area contributed by atoms with Crippen LogP contribution in [0.25, 0.3) is 0 Å². The van der Waals surface area contributed by atoms with Crippen molar-refractivity contribution in [3.8, 4) is 0 Å². The lowest BCUT2D eigenvalue weighted by molar-refractivity contribution is -0.126. The summed E-state index contributed by atoms with van der Waals surface area (Å²) in [6, 6.07) is 8.92. The third-order valence-electron chi connectivity index (χ3n) is 4.66. The van der Waals surface area contributed by atoms with E-state index in [0.29, 0.717) is 5.92 Å². The van der Waals surface area contributed by atoms with Crippen LogP contribution in [0, 0.1) is 5.92 Å². The second kappa shape index (κ2) is 6.18. The Labute approximate surface area is 127 Å². The molecule has 1 heterocycles. The lowest BCUT2D eigenvalue weighted by Crippen LogP contribution is -2.48. The van der Waals surface area contributed by atoms with E-state index in [0.717, 1.165) is 38.8 Å². The molecule has 1 atom stereocenters. The molecule has 114 valence electrons. The van der Waals surface area contributed by atoms with Crippen LogP contribution in [0.5, 0.6) is 0 Å². The first-order chi connectivity index (χ1) is 10.1. The maximum absolute atomic E-state index is 12.6. The zero-order valence-electron chi connectivity index (χ0n) is 13.1. The van der Waals surface area contributed by atoms with Crippen LogP contribution in [0.2, 0.25) is 0 Å². The van der Waals surface area contributed by atoms with Crippen molar-refractivity contribution >= 4 is 5.91 Å². The molecule has 3 rings (SSSR count). The van der Waals surface area contributed by atoms with Crippen LogP contribution in [0.1, 0.15) is 37.8 Å². The third kappa shape index (κ3) is 3.29. The van der Waals surface area contributed by atoms with E-state index < -0.39 is 0 Å². The summed E-state index contributed by atoms with van der Waals surface area (Å²) in [5.74, 6) is 0.861. The van der Waals surface area contributed by atoms with Crippen molar-refractivity contribution in [2.75, 3.05) is 13.1 Å². The number of likely N-dealkylation sites (tertiary alicyclic amines) is 1. The van der Waals surface area contributed by atoms with Crippen molar-refractivity contribution in [2.24, 2.45) is 5.92 Å². The number of carbonyl (C=O) groups is 1. The lowest BCUT2D eigenvalue weighted by atomic mass is 10.1. The molecule has 1 amide bonds. The van der Waals surface area contributed by atoms with Gasteiger partial charge in [0, 0.05) is 12.6 Å². The van der Waals surface area contributed by atoms with E-state index in [9.17, 15) is 4.79 Å². The average molecular weight is 286 g/mol. The standard InChI is InChI=1S/C18H26N2O/c1-13(2)12-20-9-5-8-17(20)18(21)19-16-10-14-6-3-4-7-15(14)11-16/h3-4,6-7,13,16-17H,5,8-12H2,1-2H3,(H,19,21)/t17-/m1/s1. The highest BCUT2D eigenvalue weighted by Gasteiger charge is 2.32. The molecule has 3 nitrogen and oxygen atoms in total. The summed E-state index contributed by atoms with van der Waals surface area (Å²) in [5, 5.41) is 3.29. The number of nitrogens with one attached hydrogen (secondary N) is 1. The summed E-state index contributed by atoms with van der Waals surface area (Å²) < 4.78 is 0. The fraction of sp³-hybridized carbons (Fsp3) is 0.611. The zero-order valence-corrected chi connectivity index (χ0v) is 13.1. The van der Waals surface area contributed by atoms with E-state index >= 15 is 0 Å². The second-order valence-electron chi connectivity index (χ2n) is 6.93. The Bertz CT molecular complexity index is 487. The minimum Gasteiger partial charge on any atom is -0.351 e. The highest BCUT2D eigenvalue weighted by atomic mass is 16.2. The Balaban J connectivity index is 1.57. The van der Waals surface area contributed by atoms with Crippen LogP contribution in [0.3, 0.4) is 0 Å². The van der Waals surface area contributed by atoms with Gasteiger partial charge in [0.25, 0.3) is 0 Å². The summed E-state index contributed by atoms with van der Waals surface area (Å²) in [6.45, 7) is 6.55. The smallest absolute Gasteiger partial charge is 0.237 e. The Morgan fingerprint density at radius 3 is 2.57 bits per heavy atom. The van der Waals surface area contributed by atoms with Crippen molar-refractivity contribution in [1.29, 1.82) is 0 Å². The summed E-state index contributed by atoms with van der Waals surface area (Å²) >= 11 is 0. The summed E-state index contributed by atoms with van der Waals surface area (Å²) in [7, 11) is 0. The van der Waals surface area contributed by atoms with Crippen molar-refractivity contribution in [3.05, 3.63) is 35.4 Å². The SMILES string of the molecule is CC(C)CN1CCC[C@@H]1C(=O)NC1Cc2ccccc2C1. The maximum atomic E-state index is 12.6. The predicted molar refractivity (Wildman–Crippen MR) is 85.2 cm³/mol. The molecule has 1 aromatic rings. The first-order valence-corrected chi connectivity index (χ1v) is 8.24. The van der Waals surface area contributed by atoms with Crippen molar-refractivity contribution in [2.45, 2.75) is 51.6 Å². The molecular formula is C18H26N2O. The molecular weight excluding hydrogens is 260 g/mol. The lowest BCUT2D eigenvalue weighted by Gasteiger charge is -2.26. The predicted octanol–water partition coefficient (Wildman–Crippen LogP) is 2.39. The number of hydrogen-bond acceptors (Lipinski definition) is 2. The molecule has 1 aliphatic heterocycles. The number of rotatable bonds is 4. The molecule has 1 N–H and O–H groups in total. The van der Waals surface area contributed by atoms with Gasteiger partial charge in [-0.05, 0) is 49.3 Å². The molecule has 0 bridgehead atoms. The number of nitrogens with zero attached hydrogens (tertiary/aromatic N) is 1. The van der Waals surface area contributed by atoms with Crippen LogP contribution < -0.4 is 5.32 Å². The Morgan fingerprint density at radius 2 is 1.95 bits per heavy atom. The topological polar surface area (TPSA) is 32.3 Å². The third-order valence-corrected chi connectivity index (χ3v) is 4.66. The molecule has 0 aromatic heterocycles. The largest absolute Gasteiger partial charge is 0.351 e. The van der Waals surface area contributed by atoms with Gasteiger partial charge in [-0.1, -0.05) is 38.1 Å². The van der Waals surface area contributed by atoms with Gasteiger partial charge >= 0.3 is 0 Å². The van der Waals surface area contributed by atoms with E-state index in [1.165, 1.54) is 11.1 Å². The van der Waals surface area contributed by atoms with Crippen LogP contribution in [-0.2, 0) is 17.6 Å². The van der Waals surface area contributed by atoms with E-state index in [-0.39, 0.29) is 18.0 Å². The number of hydrogen-bond donors (Lipinski definition) is 1. The number of carbonyl (C=O) groups excluding carboxylic acids is 1. The van der Waals surface area contributed by atoms with Crippen LogP contribution in [0.4, 0.5) is 0 Å². The van der Waals surface area contributed by atoms with Gasteiger partial charge in [0.1, 0.15) is 0 Å². The minimum atomic E-state index is 0.0936. The van der Waals surface area contributed by atoms with Gasteiger partial charge in [-0.2, -0.15) is 0 Å². The molecule has 0 spiro atoms. The molecule has 2 aliphatic rings. The van der Waals surface area contributed by atoms with Crippen molar-refractivity contribution in [3.63, 3.8) is 0 Å². The first kappa shape index (κ1) is 14.6. The fourth-order valence-electron chi connectivity index (χ4n) is 3.77. The molecule has 1 aliphatic carbocycles. The van der Waals surface area contributed by atoms with Gasteiger partial charge in [-0.25, -0.2) is 0 Å². The van der Waals surface area contributed by atoms with Crippen molar-refractivity contribution < 1.29 is 4.79 Å². The number of benzene rings is 1. The van der Waals surface area contributed by atoms with Gasteiger partial charge in [0.15, 0.2) is 0 Å². The molecule has 0 unspecified atom stereocenters. The quantitative estimate of drug-likeness (QED) is 0.922. The number of fused-ring (bicyclic) bond motifs is 1. The monoisotopic (exact) mass is 286 g/mol. The van der Waals surface area contributed by atoms with E-state index in [4.69, 9.17) is 0 Å². The van der Waals surface area contributed by atoms with E-state index in [2.05, 4.69) is 48.3 Å². The first-order valence-electron chi connectivity index (χ1n) is 8.24. The van der Waals surface area contributed by atoms with E-state index in [1.807, 2.05) is 0 Å². The highest BCUT2D eigenvalue weighted by molar-refractivity contribution is 5.82. The van der Waals surface area contributed by atoms with E-state index in [1.54, 1.807) is 0 Å². The molecule has 1 aromatic carbocycles. The van der Waals surface area contributed by atoms with Gasteiger partial charge in [-0.15, -0.1) is 0 Å². The Hall–Kier alpha value is -1.35. The summed E-state index contributed by atoms with van der Waals surface area (Å²) in [6.07, 6.45) is 4.13. The van der Waals surface area contributed by atoms with Crippen molar-refractivity contribution in [1.82, 2.24) is 10.2 Å². The summed E-state index contributed by atoms with van der Waals surface area (Å²) in [4.78, 5) is 15.0. The van der Waals surface area contributed by atoms with Crippen LogP contribution in [0.15, 0.2) is 24.3 Å². The zero-order chi connectivity index (χ0) is 14.8. The normalized spacial score (nSPS) is 22.7. The second-order valence-corrected chi connectivity index (χ2v) is 6.93. The van der Waals surface area contributed by atoms with Gasteiger partial charge in [0.2, 0.25) is 5.91 Å². The number of amides is 1. The molecule has 0 saturated carbocycles. The fourth-order valence-corrected chi connectivity index (χ4v) is 3.77. The highest BCUT2D eigenvalue weighted by Crippen LogP contribution is 2.23. The maximum Gasteiger partial charge on any atom is 0.237 e. The Kier molecular flexibility index (Phi) is 4.29. The van der Waals surface area contributed by atoms with Crippen LogP contribution in [-0.4, -0.2) is 36.0 Å².